The Labute approximate surface area is 96.8 Å². The van der Waals surface area contributed by atoms with Crippen LogP contribution in [-0.4, -0.2) is 12.5 Å². The number of anilines is 1. The SMILES string of the molecule is CCOc1ccc(NC(=O)C(C)C)c(C)c1. The number of nitrogens with one attached hydrogen (secondary N) is 1. The van der Waals surface area contributed by atoms with E-state index in [4.69, 9.17) is 4.74 Å². The topological polar surface area (TPSA) is 38.3 Å². The molecule has 0 aromatic heterocycles. The first-order valence-electron chi connectivity index (χ1n) is 5.59. The van der Waals surface area contributed by atoms with E-state index in [-0.39, 0.29) is 11.8 Å². The van der Waals surface area contributed by atoms with Crippen LogP contribution in [0.3, 0.4) is 0 Å². The summed E-state index contributed by atoms with van der Waals surface area (Å²) in [4.78, 5) is 11.5. The molecule has 88 valence electrons. The first kappa shape index (κ1) is 12.6. The average Bonchev–Trinajstić information content (AvgIpc) is 2.22. The predicted molar refractivity (Wildman–Crippen MR) is 65.8 cm³/mol. The number of ether oxygens (including phenoxy) is 1. The van der Waals surface area contributed by atoms with Crippen LogP contribution in [-0.2, 0) is 4.79 Å². The molecule has 0 heterocycles. The number of amides is 1. The quantitative estimate of drug-likeness (QED) is 0.848. The number of carbonyl (C=O) groups is 1. The molecular formula is C13H19NO2. The van der Waals surface area contributed by atoms with Crippen molar-refractivity contribution in [3.8, 4) is 5.75 Å². The maximum atomic E-state index is 11.5. The highest BCUT2D eigenvalue weighted by Gasteiger charge is 2.08. The van der Waals surface area contributed by atoms with E-state index in [0.717, 1.165) is 17.0 Å². The van der Waals surface area contributed by atoms with Crippen molar-refractivity contribution >= 4 is 11.6 Å². The normalized spacial score (nSPS) is 10.3. The maximum Gasteiger partial charge on any atom is 0.226 e. The standard InChI is InChI=1S/C13H19NO2/c1-5-16-11-6-7-12(10(4)8-11)14-13(15)9(2)3/h6-9H,5H2,1-4H3,(H,14,15). The predicted octanol–water partition coefficient (Wildman–Crippen LogP) is 2.99. The van der Waals surface area contributed by atoms with Gasteiger partial charge in [0.1, 0.15) is 5.75 Å². The van der Waals surface area contributed by atoms with Crippen molar-refractivity contribution in [2.75, 3.05) is 11.9 Å². The second-order valence-corrected chi connectivity index (χ2v) is 4.05. The van der Waals surface area contributed by atoms with E-state index in [1.54, 1.807) is 0 Å². The Bertz CT molecular complexity index is 372. The third kappa shape index (κ3) is 3.26. The van der Waals surface area contributed by atoms with Gasteiger partial charge in [0.05, 0.1) is 6.61 Å². The summed E-state index contributed by atoms with van der Waals surface area (Å²) < 4.78 is 5.38. The van der Waals surface area contributed by atoms with E-state index < -0.39 is 0 Å². The minimum Gasteiger partial charge on any atom is -0.494 e. The first-order valence-corrected chi connectivity index (χ1v) is 5.59. The van der Waals surface area contributed by atoms with Crippen LogP contribution < -0.4 is 10.1 Å². The number of carbonyl (C=O) groups excluding carboxylic acids is 1. The molecule has 3 nitrogen and oxygen atoms in total. The summed E-state index contributed by atoms with van der Waals surface area (Å²) in [6.07, 6.45) is 0. The van der Waals surface area contributed by atoms with E-state index in [0.29, 0.717) is 6.61 Å². The Hall–Kier alpha value is -1.51. The average molecular weight is 221 g/mol. The molecule has 0 saturated heterocycles. The highest BCUT2D eigenvalue weighted by atomic mass is 16.5. The molecule has 0 unspecified atom stereocenters. The molecule has 0 atom stereocenters. The van der Waals surface area contributed by atoms with Crippen LogP contribution in [0.5, 0.6) is 5.75 Å². The lowest BCUT2D eigenvalue weighted by Gasteiger charge is -2.11. The van der Waals surface area contributed by atoms with Crippen LogP contribution in [0, 0.1) is 12.8 Å². The van der Waals surface area contributed by atoms with E-state index in [9.17, 15) is 4.79 Å². The molecule has 0 aliphatic carbocycles. The van der Waals surface area contributed by atoms with Gasteiger partial charge in [-0.25, -0.2) is 0 Å². The zero-order valence-corrected chi connectivity index (χ0v) is 10.3. The summed E-state index contributed by atoms with van der Waals surface area (Å²) in [5, 5.41) is 2.88. The van der Waals surface area contributed by atoms with E-state index in [2.05, 4.69) is 5.32 Å². The summed E-state index contributed by atoms with van der Waals surface area (Å²) in [5.41, 5.74) is 1.86. The number of hydrogen-bond donors (Lipinski definition) is 1. The minimum atomic E-state index is -0.00836. The van der Waals surface area contributed by atoms with Gasteiger partial charge in [0.25, 0.3) is 0 Å². The van der Waals surface area contributed by atoms with Gasteiger partial charge in [0.2, 0.25) is 5.91 Å². The molecule has 1 N–H and O–H groups in total. The Morgan fingerprint density at radius 1 is 1.44 bits per heavy atom. The van der Waals surface area contributed by atoms with Gasteiger partial charge in [0.15, 0.2) is 0 Å². The molecule has 1 aromatic rings. The number of aryl methyl sites for hydroxylation is 1. The molecule has 0 aliphatic rings. The summed E-state index contributed by atoms with van der Waals surface area (Å²) in [5.74, 6) is 0.862. The van der Waals surface area contributed by atoms with Crippen molar-refractivity contribution in [2.24, 2.45) is 5.92 Å². The van der Waals surface area contributed by atoms with Gasteiger partial charge in [-0.05, 0) is 37.6 Å². The van der Waals surface area contributed by atoms with Gasteiger partial charge < -0.3 is 10.1 Å². The Morgan fingerprint density at radius 3 is 2.62 bits per heavy atom. The van der Waals surface area contributed by atoms with Crippen LogP contribution >= 0.6 is 0 Å². The first-order chi connectivity index (χ1) is 7.54. The molecule has 3 heteroatoms. The lowest BCUT2D eigenvalue weighted by atomic mass is 10.1. The molecule has 1 aromatic carbocycles. The Kier molecular flexibility index (Phi) is 4.35. The second-order valence-electron chi connectivity index (χ2n) is 4.05. The van der Waals surface area contributed by atoms with Crippen molar-refractivity contribution in [3.63, 3.8) is 0 Å². The molecular weight excluding hydrogens is 202 g/mol. The molecule has 1 rings (SSSR count). The molecule has 16 heavy (non-hydrogen) atoms. The zero-order valence-electron chi connectivity index (χ0n) is 10.3. The highest BCUT2D eigenvalue weighted by Crippen LogP contribution is 2.21. The maximum absolute atomic E-state index is 11.5. The molecule has 0 fully saturated rings. The van der Waals surface area contributed by atoms with Crippen molar-refractivity contribution in [2.45, 2.75) is 27.7 Å². The largest absolute Gasteiger partial charge is 0.494 e. The van der Waals surface area contributed by atoms with E-state index >= 15 is 0 Å². The number of hydrogen-bond acceptors (Lipinski definition) is 2. The monoisotopic (exact) mass is 221 g/mol. The van der Waals surface area contributed by atoms with Gasteiger partial charge in [0, 0.05) is 11.6 Å². The molecule has 0 radical (unpaired) electrons. The number of benzene rings is 1. The second kappa shape index (κ2) is 5.54. The molecule has 0 spiro atoms. The van der Waals surface area contributed by atoms with Crippen LogP contribution in [0.2, 0.25) is 0 Å². The minimum absolute atomic E-state index is 0.00836. The van der Waals surface area contributed by atoms with Crippen molar-refractivity contribution in [1.29, 1.82) is 0 Å². The smallest absolute Gasteiger partial charge is 0.226 e. The molecule has 0 aliphatic heterocycles. The van der Waals surface area contributed by atoms with E-state index in [1.165, 1.54) is 0 Å². The van der Waals surface area contributed by atoms with Gasteiger partial charge in [-0.3, -0.25) is 4.79 Å². The van der Waals surface area contributed by atoms with Crippen molar-refractivity contribution in [3.05, 3.63) is 23.8 Å². The van der Waals surface area contributed by atoms with Crippen LogP contribution in [0.4, 0.5) is 5.69 Å². The molecule has 0 bridgehead atoms. The summed E-state index contributed by atoms with van der Waals surface area (Å²) in [6.45, 7) is 8.30. The van der Waals surface area contributed by atoms with Gasteiger partial charge >= 0.3 is 0 Å². The molecule has 1 amide bonds. The lowest BCUT2D eigenvalue weighted by molar-refractivity contribution is -0.118. The zero-order chi connectivity index (χ0) is 12.1. The third-order valence-electron chi connectivity index (χ3n) is 2.29. The van der Waals surface area contributed by atoms with Crippen molar-refractivity contribution in [1.82, 2.24) is 0 Å². The Balaban J connectivity index is 2.79. The van der Waals surface area contributed by atoms with Crippen molar-refractivity contribution < 1.29 is 9.53 Å². The van der Waals surface area contributed by atoms with Crippen LogP contribution in [0.1, 0.15) is 26.3 Å². The lowest BCUT2D eigenvalue weighted by Crippen LogP contribution is -2.18. The fraction of sp³-hybridized carbons (Fsp3) is 0.462. The fourth-order valence-electron chi connectivity index (χ4n) is 1.31. The fourth-order valence-corrected chi connectivity index (χ4v) is 1.31. The van der Waals surface area contributed by atoms with Crippen LogP contribution in [0.25, 0.3) is 0 Å². The van der Waals surface area contributed by atoms with Gasteiger partial charge in [-0.15, -0.1) is 0 Å². The molecule has 0 saturated carbocycles. The third-order valence-corrected chi connectivity index (χ3v) is 2.29. The van der Waals surface area contributed by atoms with Crippen LogP contribution in [0.15, 0.2) is 18.2 Å². The Morgan fingerprint density at radius 2 is 2.12 bits per heavy atom. The highest BCUT2D eigenvalue weighted by molar-refractivity contribution is 5.92. The van der Waals surface area contributed by atoms with Gasteiger partial charge in [-0.1, -0.05) is 13.8 Å². The number of rotatable bonds is 4. The van der Waals surface area contributed by atoms with E-state index in [1.807, 2.05) is 45.9 Å². The van der Waals surface area contributed by atoms with Gasteiger partial charge in [-0.2, -0.15) is 0 Å². The summed E-state index contributed by atoms with van der Waals surface area (Å²) >= 11 is 0. The summed E-state index contributed by atoms with van der Waals surface area (Å²) in [7, 11) is 0. The summed E-state index contributed by atoms with van der Waals surface area (Å²) in [6, 6.07) is 5.67.